The summed E-state index contributed by atoms with van der Waals surface area (Å²) in [5, 5.41) is 0.644. The van der Waals surface area contributed by atoms with E-state index in [1.54, 1.807) is 6.07 Å². The molecule has 1 spiro atoms. The fourth-order valence-electron chi connectivity index (χ4n) is 2.23. The summed E-state index contributed by atoms with van der Waals surface area (Å²) in [6.07, 6.45) is 5.02. The SMILES string of the molecule is O=CCCc1cc2c(cc1Cl)OC1(CCC1)O2. The van der Waals surface area contributed by atoms with E-state index in [2.05, 4.69) is 0 Å². The lowest BCUT2D eigenvalue weighted by molar-refractivity contribution is -0.138. The summed E-state index contributed by atoms with van der Waals surface area (Å²) in [7, 11) is 0. The first-order valence-electron chi connectivity index (χ1n) is 5.86. The molecule has 2 aliphatic rings. The normalized spacial score (nSPS) is 19.1. The van der Waals surface area contributed by atoms with Crippen molar-refractivity contribution in [2.45, 2.75) is 37.9 Å². The fraction of sp³-hybridized carbons (Fsp3) is 0.462. The Morgan fingerprint density at radius 2 is 2.00 bits per heavy atom. The van der Waals surface area contributed by atoms with E-state index in [0.29, 0.717) is 17.9 Å². The maximum absolute atomic E-state index is 10.4. The molecule has 0 saturated heterocycles. The number of hydrogen-bond acceptors (Lipinski definition) is 3. The van der Waals surface area contributed by atoms with Gasteiger partial charge in [-0.2, -0.15) is 0 Å². The molecule has 0 bridgehead atoms. The van der Waals surface area contributed by atoms with Crippen molar-refractivity contribution >= 4 is 17.9 Å². The molecule has 1 fully saturated rings. The summed E-state index contributed by atoms with van der Waals surface area (Å²) in [5.74, 6) is 1.06. The summed E-state index contributed by atoms with van der Waals surface area (Å²) in [4.78, 5) is 10.4. The highest BCUT2D eigenvalue weighted by Gasteiger charge is 2.47. The van der Waals surface area contributed by atoms with Crippen molar-refractivity contribution in [1.82, 2.24) is 0 Å². The molecule has 0 aromatic heterocycles. The van der Waals surface area contributed by atoms with Crippen LogP contribution in [0.3, 0.4) is 0 Å². The van der Waals surface area contributed by atoms with Gasteiger partial charge in [-0.05, 0) is 24.5 Å². The van der Waals surface area contributed by atoms with Gasteiger partial charge in [-0.25, -0.2) is 0 Å². The Morgan fingerprint density at radius 3 is 2.59 bits per heavy atom. The molecule has 1 aromatic carbocycles. The molecule has 3 nitrogen and oxygen atoms in total. The molecule has 0 atom stereocenters. The van der Waals surface area contributed by atoms with Crippen LogP contribution in [0.25, 0.3) is 0 Å². The van der Waals surface area contributed by atoms with Gasteiger partial charge >= 0.3 is 0 Å². The number of aryl methyl sites for hydroxylation is 1. The molecule has 3 rings (SSSR count). The van der Waals surface area contributed by atoms with Crippen molar-refractivity contribution in [3.05, 3.63) is 22.7 Å². The molecule has 1 saturated carbocycles. The first-order valence-corrected chi connectivity index (χ1v) is 6.24. The number of carbonyl (C=O) groups excluding carboxylic acids is 1. The van der Waals surface area contributed by atoms with Crippen LogP contribution >= 0.6 is 11.6 Å². The van der Waals surface area contributed by atoms with Crippen LogP contribution in [-0.2, 0) is 11.2 Å². The number of halogens is 1. The van der Waals surface area contributed by atoms with Gasteiger partial charge in [0.25, 0.3) is 5.79 Å². The molecule has 1 heterocycles. The highest BCUT2D eigenvalue weighted by atomic mass is 35.5. The van der Waals surface area contributed by atoms with Gasteiger partial charge in [-0.1, -0.05) is 11.6 Å². The molecule has 0 unspecified atom stereocenters. The van der Waals surface area contributed by atoms with Crippen LogP contribution < -0.4 is 9.47 Å². The monoisotopic (exact) mass is 252 g/mol. The minimum Gasteiger partial charge on any atom is -0.448 e. The quantitative estimate of drug-likeness (QED) is 0.776. The van der Waals surface area contributed by atoms with Crippen molar-refractivity contribution < 1.29 is 14.3 Å². The van der Waals surface area contributed by atoms with Crippen molar-refractivity contribution in [3.63, 3.8) is 0 Å². The number of hydrogen-bond donors (Lipinski definition) is 0. The van der Waals surface area contributed by atoms with E-state index in [4.69, 9.17) is 21.1 Å². The highest BCUT2D eigenvalue weighted by molar-refractivity contribution is 6.31. The van der Waals surface area contributed by atoms with E-state index < -0.39 is 5.79 Å². The van der Waals surface area contributed by atoms with Crippen molar-refractivity contribution in [2.24, 2.45) is 0 Å². The Kier molecular flexibility index (Phi) is 2.51. The minimum absolute atomic E-state index is 0.422. The average Bonchev–Trinajstić information content (AvgIpc) is 2.64. The van der Waals surface area contributed by atoms with Crippen molar-refractivity contribution in [3.8, 4) is 11.5 Å². The van der Waals surface area contributed by atoms with Crippen LogP contribution in [0.4, 0.5) is 0 Å². The molecule has 90 valence electrons. The number of carbonyl (C=O) groups is 1. The molecule has 0 N–H and O–H groups in total. The third-order valence-electron chi connectivity index (χ3n) is 3.35. The topological polar surface area (TPSA) is 35.5 Å². The summed E-state index contributed by atoms with van der Waals surface area (Å²) < 4.78 is 11.6. The van der Waals surface area contributed by atoms with Gasteiger partial charge in [0.15, 0.2) is 11.5 Å². The van der Waals surface area contributed by atoms with E-state index in [-0.39, 0.29) is 0 Å². The maximum atomic E-state index is 10.4. The van der Waals surface area contributed by atoms with Gasteiger partial charge in [0.05, 0.1) is 0 Å². The Morgan fingerprint density at radius 1 is 1.29 bits per heavy atom. The second-order valence-corrected chi connectivity index (χ2v) is 4.97. The number of benzene rings is 1. The lowest BCUT2D eigenvalue weighted by atomic mass is 9.91. The van der Waals surface area contributed by atoms with Crippen molar-refractivity contribution in [1.29, 1.82) is 0 Å². The Hall–Kier alpha value is -1.22. The molecular weight excluding hydrogens is 240 g/mol. The van der Waals surface area contributed by atoms with Gasteiger partial charge in [0, 0.05) is 30.4 Å². The van der Waals surface area contributed by atoms with Crippen LogP contribution in [0.15, 0.2) is 12.1 Å². The molecule has 0 radical (unpaired) electrons. The largest absolute Gasteiger partial charge is 0.448 e. The van der Waals surface area contributed by atoms with Gasteiger partial charge < -0.3 is 14.3 Å². The zero-order valence-corrected chi connectivity index (χ0v) is 10.1. The first-order chi connectivity index (χ1) is 8.22. The lowest BCUT2D eigenvalue weighted by Gasteiger charge is -2.35. The third-order valence-corrected chi connectivity index (χ3v) is 3.70. The van der Waals surface area contributed by atoms with E-state index >= 15 is 0 Å². The Bertz CT molecular complexity index is 466. The standard InChI is InChI=1S/C13H13ClO3/c14-10-8-12-11(7-9(10)3-1-6-15)16-13(17-12)4-2-5-13/h6-8H,1-5H2. The second kappa shape index (κ2) is 3.91. The Balaban J connectivity index is 1.87. The molecular formula is C13H13ClO3. The van der Waals surface area contributed by atoms with Crippen LogP contribution in [0.2, 0.25) is 5.02 Å². The molecule has 1 aromatic rings. The van der Waals surface area contributed by atoms with E-state index in [1.165, 1.54) is 0 Å². The average molecular weight is 253 g/mol. The maximum Gasteiger partial charge on any atom is 0.251 e. The summed E-state index contributed by atoms with van der Waals surface area (Å²) in [6, 6.07) is 3.69. The summed E-state index contributed by atoms with van der Waals surface area (Å²) in [5.41, 5.74) is 0.942. The first kappa shape index (κ1) is 10.9. The van der Waals surface area contributed by atoms with E-state index in [9.17, 15) is 4.79 Å². The van der Waals surface area contributed by atoms with Gasteiger partial charge in [-0.15, -0.1) is 0 Å². The van der Waals surface area contributed by atoms with Crippen molar-refractivity contribution in [2.75, 3.05) is 0 Å². The molecule has 1 aliphatic carbocycles. The predicted molar refractivity (Wildman–Crippen MR) is 63.7 cm³/mol. The van der Waals surface area contributed by atoms with Gasteiger partial charge in [0.2, 0.25) is 0 Å². The molecule has 4 heteroatoms. The molecule has 1 aliphatic heterocycles. The molecule has 17 heavy (non-hydrogen) atoms. The smallest absolute Gasteiger partial charge is 0.251 e. The number of rotatable bonds is 3. The van der Waals surface area contributed by atoms with E-state index in [0.717, 1.165) is 42.6 Å². The fourth-order valence-corrected chi connectivity index (χ4v) is 2.48. The molecule has 0 amide bonds. The summed E-state index contributed by atoms with van der Waals surface area (Å²) in [6.45, 7) is 0. The highest BCUT2D eigenvalue weighted by Crippen LogP contribution is 2.49. The second-order valence-electron chi connectivity index (χ2n) is 4.56. The minimum atomic E-state index is -0.422. The predicted octanol–water partition coefficient (Wildman–Crippen LogP) is 3.12. The van der Waals surface area contributed by atoms with Crippen LogP contribution in [-0.4, -0.2) is 12.1 Å². The number of fused-ring (bicyclic) bond motifs is 1. The van der Waals surface area contributed by atoms with Gasteiger partial charge in [0.1, 0.15) is 6.29 Å². The van der Waals surface area contributed by atoms with E-state index in [1.807, 2.05) is 6.07 Å². The summed E-state index contributed by atoms with van der Waals surface area (Å²) >= 11 is 6.15. The van der Waals surface area contributed by atoms with Crippen LogP contribution in [0.5, 0.6) is 11.5 Å². The van der Waals surface area contributed by atoms with Crippen LogP contribution in [0.1, 0.15) is 31.2 Å². The van der Waals surface area contributed by atoms with Crippen LogP contribution in [0, 0.1) is 0 Å². The Labute approximate surface area is 105 Å². The lowest BCUT2D eigenvalue weighted by Crippen LogP contribution is -2.45. The number of aldehydes is 1. The van der Waals surface area contributed by atoms with Gasteiger partial charge in [-0.3, -0.25) is 0 Å². The third kappa shape index (κ3) is 1.78. The zero-order valence-electron chi connectivity index (χ0n) is 9.37. The number of ether oxygens (including phenoxy) is 2. The zero-order chi connectivity index (χ0) is 11.9.